The molecule has 0 spiro atoms. The van der Waals surface area contributed by atoms with Crippen LogP contribution in [0.15, 0.2) is 24.3 Å². The van der Waals surface area contributed by atoms with Gasteiger partial charge in [-0.1, -0.05) is 12.1 Å². The molecular formula is C13H18ClFN2O. The van der Waals surface area contributed by atoms with Crippen LogP contribution < -0.4 is 5.73 Å². The first-order valence-electron chi connectivity index (χ1n) is 5.93. The molecule has 0 radical (unpaired) electrons. The number of rotatable bonds is 2. The van der Waals surface area contributed by atoms with Crippen LogP contribution in [-0.2, 0) is 11.2 Å². The third-order valence-corrected chi connectivity index (χ3v) is 3.16. The van der Waals surface area contributed by atoms with Crippen LogP contribution in [0.2, 0.25) is 0 Å². The van der Waals surface area contributed by atoms with E-state index in [1.54, 1.807) is 12.1 Å². The van der Waals surface area contributed by atoms with Crippen LogP contribution >= 0.6 is 12.4 Å². The molecule has 1 aromatic rings. The van der Waals surface area contributed by atoms with Crippen LogP contribution in [0.3, 0.4) is 0 Å². The molecule has 0 atom stereocenters. The monoisotopic (exact) mass is 272 g/mol. The van der Waals surface area contributed by atoms with E-state index in [1.165, 1.54) is 12.1 Å². The Morgan fingerprint density at radius 3 is 2.39 bits per heavy atom. The lowest BCUT2D eigenvalue weighted by Crippen LogP contribution is -2.43. The average molecular weight is 273 g/mol. The first-order valence-corrected chi connectivity index (χ1v) is 5.93. The van der Waals surface area contributed by atoms with Gasteiger partial charge in [0, 0.05) is 19.1 Å². The van der Waals surface area contributed by atoms with Crippen molar-refractivity contribution in [3.05, 3.63) is 35.6 Å². The predicted octanol–water partition coefficient (Wildman–Crippen LogP) is 1.74. The maximum absolute atomic E-state index is 12.7. The number of nitrogens with two attached hydrogens (primary N) is 1. The van der Waals surface area contributed by atoms with E-state index in [4.69, 9.17) is 5.73 Å². The Morgan fingerprint density at radius 2 is 1.83 bits per heavy atom. The molecule has 1 aliphatic heterocycles. The van der Waals surface area contributed by atoms with Gasteiger partial charge in [-0.15, -0.1) is 12.4 Å². The minimum Gasteiger partial charge on any atom is -0.342 e. The zero-order valence-corrected chi connectivity index (χ0v) is 11.0. The maximum Gasteiger partial charge on any atom is 0.226 e. The van der Waals surface area contributed by atoms with Crippen LogP contribution in [0.5, 0.6) is 0 Å². The number of hydrogen-bond acceptors (Lipinski definition) is 2. The number of hydrogen-bond donors (Lipinski definition) is 1. The SMILES string of the molecule is Cl.NC1CCN(C(=O)Cc2ccc(F)cc2)CC1. The summed E-state index contributed by atoms with van der Waals surface area (Å²) in [5, 5.41) is 0. The fourth-order valence-electron chi connectivity index (χ4n) is 2.04. The lowest BCUT2D eigenvalue weighted by atomic mass is 10.0. The van der Waals surface area contributed by atoms with E-state index < -0.39 is 0 Å². The first-order chi connectivity index (χ1) is 8.15. The van der Waals surface area contributed by atoms with Crippen LogP contribution in [0.1, 0.15) is 18.4 Å². The van der Waals surface area contributed by atoms with Gasteiger partial charge >= 0.3 is 0 Å². The second-order valence-electron chi connectivity index (χ2n) is 4.52. The molecule has 1 fully saturated rings. The highest BCUT2D eigenvalue weighted by Crippen LogP contribution is 2.11. The third kappa shape index (κ3) is 3.96. The van der Waals surface area contributed by atoms with E-state index in [2.05, 4.69) is 0 Å². The number of piperidine rings is 1. The summed E-state index contributed by atoms with van der Waals surface area (Å²) in [7, 11) is 0. The Hall–Kier alpha value is -1.13. The molecule has 0 aliphatic carbocycles. The molecule has 2 rings (SSSR count). The number of likely N-dealkylation sites (tertiary alicyclic amines) is 1. The van der Waals surface area contributed by atoms with Crippen molar-refractivity contribution >= 4 is 18.3 Å². The van der Waals surface area contributed by atoms with Gasteiger partial charge in [0.2, 0.25) is 5.91 Å². The maximum atomic E-state index is 12.7. The predicted molar refractivity (Wildman–Crippen MR) is 71.1 cm³/mol. The van der Waals surface area contributed by atoms with Crippen molar-refractivity contribution < 1.29 is 9.18 Å². The Balaban J connectivity index is 0.00000162. The molecule has 0 unspecified atom stereocenters. The quantitative estimate of drug-likeness (QED) is 0.891. The molecule has 1 saturated heterocycles. The molecular weight excluding hydrogens is 255 g/mol. The summed E-state index contributed by atoms with van der Waals surface area (Å²) in [4.78, 5) is 13.8. The van der Waals surface area contributed by atoms with E-state index in [-0.39, 0.29) is 30.2 Å². The van der Waals surface area contributed by atoms with Gasteiger partial charge < -0.3 is 10.6 Å². The molecule has 0 aromatic heterocycles. The Bertz CT molecular complexity index is 388. The Morgan fingerprint density at radius 1 is 1.28 bits per heavy atom. The summed E-state index contributed by atoms with van der Waals surface area (Å²) < 4.78 is 12.7. The molecule has 0 bridgehead atoms. The minimum absolute atomic E-state index is 0. The standard InChI is InChI=1S/C13H17FN2O.ClH/c14-11-3-1-10(2-4-11)9-13(17)16-7-5-12(15)6-8-16;/h1-4,12H,5-9,15H2;1H. The van der Waals surface area contributed by atoms with Crippen molar-refractivity contribution in [2.75, 3.05) is 13.1 Å². The molecule has 100 valence electrons. The molecule has 18 heavy (non-hydrogen) atoms. The first kappa shape index (κ1) is 14.9. The summed E-state index contributed by atoms with van der Waals surface area (Å²) in [6, 6.07) is 6.31. The number of nitrogens with zero attached hydrogens (tertiary/aromatic N) is 1. The molecule has 1 amide bonds. The number of carbonyl (C=O) groups excluding carboxylic acids is 1. The van der Waals surface area contributed by atoms with Crippen molar-refractivity contribution in [3.63, 3.8) is 0 Å². The Labute approximate surface area is 113 Å². The van der Waals surface area contributed by atoms with Crippen molar-refractivity contribution in [2.45, 2.75) is 25.3 Å². The normalized spacial score (nSPS) is 16.2. The summed E-state index contributed by atoms with van der Waals surface area (Å²) in [6.45, 7) is 1.47. The van der Waals surface area contributed by atoms with Crippen molar-refractivity contribution in [1.82, 2.24) is 4.90 Å². The topological polar surface area (TPSA) is 46.3 Å². The smallest absolute Gasteiger partial charge is 0.226 e. The molecule has 3 nitrogen and oxygen atoms in total. The third-order valence-electron chi connectivity index (χ3n) is 3.16. The zero-order valence-electron chi connectivity index (χ0n) is 10.1. The molecule has 1 aliphatic rings. The number of amides is 1. The molecule has 0 saturated carbocycles. The summed E-state index contributed by atoms with van der Waals surface area (Å²) in [5.74, 6) is -0.173. The highest BCUT2D eigenvalue weighted by molar-refractivity contribution is 5.85. The summed E-state index contributed by atoms with van der Waals surface area (Å²) in [5.41, 5.74) is 6.64. The van der Waals surface area contributed by atoms with E-state index in [0.29, 0.717) is 6.42 Å². The summed E-state index contributed by atoms with van der Waals surface area (Å²) in [6.07, 6.45) is 2.08. The van der Waals surface area contributed by atoms with Gasteiger partial charge in [-0.05, 0) is 30.5 Å². The molecule has 1 aromatic carbocycles. The van der Waals surface area contributed by atoms with E-state index in [0.717, 1.165) is 31.5 Å². The number of halogens is 2. The Kier molecular flexibility index (Phi) is 5.56. The van der Waals surface area contributed by atoms with E-state index in [1.807, 2.05) is 4.90 Å². The highest BCUT2D eigenvalue weighted by Gasteiger charge is 2.20. The average Bonchev–Trinajstić information content (AvgIpc) is 2.33. The van der Waals surface area contributed by atoms with Crippen molar-refractivity contribution in [3.8, 4) is 0 Å². The van der Waals surface area contributed by atoms with Gasteiger partial charge in [0.25, 0.3) is 0 Å². The van der Waals surface area contributed by atoms with Gasteiger partial charge in [-0.2, -0.15) is 0 Å². The van der Waals surface area contributed by atoms with Crippen molar-refractivity contribution in [2.24, 2.45) is 5.73 Å². The number of carbonyl (C=O) groups is 1. The highest BCUT2D eigenvalue weighted by atomic mass is 35.5. The summed E-state index contributed by atoms with van der Waals surface area (Å²) >= 11 is 0. The fraction of sp³-hybridized carbons (Fsp3) is 0.462. The van der Waals surface area contributed by atoms with E-state index >= 15 is 0 Å². The number of benzene rings is 1. The van der Waals surface area contributed by atoms with Gasteiger partial charge in [0.15, 0.2) is 0 Å². The molecule has 2 N–H and O–H groups in total. The lowest BCUT2D eigenvalue weighted by Gasteiger charge is -2.30. The van der Waals surface area contributed by atoms with Gasteiger partial charge in [0.05, 0.1) is 6.42 Å². The largest absolute Gasteiger partial charge is 0.342 e. The second kappa shape index (κ2) is 6.71. The van der Waals surface area contributed by atoms with Gasteiger partial charge in [-0.3, -0.25) is 4.79 Å². The molecule has 1 heterocycles. The molecule has 5 heteroatoms. The fourth-order valence-corrected chi connectivity index (χ4v) is 2.04. The van der Waals surface area contributed by atoms with E-state index in [9.17, 15) is 9.18 Å². The van der Waals surface area contributed by atoms with Crippen LogP contribution in [0, 0.1) is 5.82 Å². The van der Waals surface area contributed by atoms with Gasteiger partial charge in [-0.25, -0.2) is 4.39 Å². The van der Waals surface area contributed by atoms with Crippen molar-refractivity contribution in [1.29, 1.82) is 0 Å². The van der Waals surface area contributed by atoms with Crippen LogP contribution in [0.4, 0.5) is 4.39 Å². The zero-order chi connectivity index (χ0) is 12.3. The second-order valence-corrected chi connectivity index (χ2v) is 4.52. The van der Waals surface area contributed by atoms with Gasteiger partial charge in [0.1, 0.15) is 5.82 Å². The minimum atomic E-state index is -0.273. The van der Waals surface area contributed by atoms with Crippen LogP contribution in [0.25, 0.3) is 0 Å². The van der Waals surface area contributed by atoms with Crippen LogP contribution in [-0.4, -0.2) is 29.9 Å². The lowest BCUT2D eigenvalue weighted by molar-refractivity contribution is -0.131.